The summed E-state index contributed by atoms with van der Waals surface area (Å²) in [6.07, 6.45) is 2.71. The predicted molar refractivity (Wildman–Crippen MR) is 111 cm³/mol. The Labute approximate surface area is 165 Å². The number of ether oxygens (including phenoxy) is 1. The minimum absolute atomic E-state index is 0.0442. The van der Waals surface area contributed by atoms with Gasteiger partial charge in [-0.3, -0.25) is 9.48 Å². The van der Waals surface area contributed by atoms with Gasteiger partial charge < -0.3 is 9.64 Å². The molecule has 144 valence electrons. The van der Waals surface area contributed by atoms with Crippen LogP contribution in [0.25, 0.3) is 11.3 Å². The zero-order valence-electron chi connectivity index (χ0n) is 16.6. The van der Waals surface area contributed by atoms with Gasteiger partial charge in [0.05, 0.1) is 11.9 Å². The van der Waals surface area contributed by atoms with Crippen molar-refractivity contribution < 1.29 is 9.53 Å². The van der Waals surface area contributed by atoms with Crippen LogP contribution in [-0.4, -0.2) is 22.2 Å². The molecule has 4 rings (SSSR count). The topological polar surface area (TPSA) is 47.4 Å². The van der Waals surface area contributed by atoms with E-state index in [4.69, 9.17) is 4.74 Å². The van der Waals surface area contributed by atoms with Gasteiger partial charge in [0.2, 0.25) is 5.91 Å². The molecular weight excluding hydrogens is 350 g/mol. The molecule has 0 aliphatic carbocycles. The molecule has 0 unspecified atom stereocenters. The fourth-order valence-electron chi connectivity index (χ4n) is 3.75. The molecule has 0 saturated carbocycles. The fraction of sp³-hybridized carbons (Fsp3) is 0.304. The van der Waals surface area contributed by atoms with Crippen LogP contribution in [0.15, 0.2) is 48.7 Å². The van der Waals surface area contributed by atoms with Crippen LogP contribution in [0, 0.1) is 13.8 Å². The van der Waals surface area contributed by atoms with Crippen molar-refractivity contribution in [3.63, 3.8) is 0 Å². The highest BCUT2D eigenvalue weighted by atomic mass is 16.5. The van der Waals surface area contributed by atoms with Crippen molar-refractivity contribution in [3.05, 3.63) is 65.4 Å². The summed E-state index contributed by atoms with van der Waals surface area (Å²) in [5.74, 6) is 0.888. The zero-order chi connectivity index (χ0) is 19.7. The van der Waals surface area contributed by atoms with Crippen molar-refractivity contribution >= 4 is 11.6 Å². The highest BCUT2D eigenvalue weighted by molar-refractivity contribution is 5.94. The van der Waals surface area contributed by atoms with Gasteiger partial charge in [-0.05, 0) is 44.0 Å². The first-order valence-electron chi connectivity index (χ1n) is 9.73. The molecule has 1 aliphatic heterocycles. The van der Waals surface area contributed by atoms with Gasteiger partial charge in [0.1, 0.15) is 18.9 Å². The lowest BCUT2D eigenvalue weighted by molar-refractivity contribution is -0.119. The van der Waals surface area contributed by atoms with E-state index in [1.807, 2.05) is 59.1 Å². The predicted octanol–water partition coefficient (Wildman–Crippen LogP) is 4.50. The SMILES string of the molecule is CCCN(C(=O)Cn1ncc2c1-c1cc(C)ccc1OC2)c1ccccc1C. The van der Waals surface area contributed by atoms with Crippen molar-refractivity contribution in [2.24, 2.45) is 0 Å². The minimum atomic E-state index is 0.0442. The lowest BCUT2D eigenvalue weighted by Crippen LogP contribution is -2.35. The van der Waals surface area contributed by atoms with Gasteiger partial charge in [0, 0.05) is 23.4 Å². The number of amides is 1. The average Bonchev–Trinajstić information content (AvgIpc) is 3.10. The standard InChI is InChI=1S/C23H25N3O2/c1-4-11-25(20-8-6-5-7-17(20)3)22(27)14-26-23-18(13-24-26)15-28-21-10-9-16(2)12-19(21)23/h5-10,12-13H,4,11,14-15H2,1-3H3. The average molecular weight is 375 g/mol. The largest absolute Gasteiger partial charge is 0.488 e. The summed E-state index contributed by atoms with van der Waals surface area (Å²) in [6, 6.07) is 14.1. The first-order chi connectivity index (χ1) is 13.6. The third kappa shape index (κ3) is 3.28. The van der Waals surface area contributed by atoms with Gasteiger partial charge in [-0.1, -0.05) is 36.8 Å². The lowest BCUT2D eigenvalue weighted by atomic mass is 10.0. The maximum atomic E-state index is 13.3. The van der Waals surface area contributed by atoms with Gasteiger partial charge >= 0.3 is 0 Å². The van der Waals surface area contributed by atoms with Gasteiger partial charge in [-0.15, -0.1) is 0 Å². The van der Waals surface area contributed by atoms with Crippen molar-refractivity contribution in [1.82, 2.24) is 9.78 Å². The maximum absolute atomic E-state index is 13.3. The van der Waals surface area contributed by atoms with Crippen LogP contribution >= 0.6 is 0 Å². The van der Waals surface area contributed by atoms with E-state index in [1.165, 1.54) is 0 Å². The summed E-state index contributed by atoms with van der Waals surface area (Å²) in [5, 5.41) is 4.51. The number of anilines is 1. The molecule has 2 heterocycles. The number of nitrogens with zero attached hydrogens (tertiary/aromatic N) is 3. The molecule has 3 aromatic rings. The normalized spacial score (nSPS) is 12.1. The Bertz CT molecular complexity index is 1020. The van der Waals surface area contributed by atoms with Crippen LogP contribution in [0.4, 0.5) is 5.69 Å². The Morgan fingerprint density at radius 1 is 1.21 bits per heavy atom. The number of carbonyl (C=O) groups excluding carboxylic acids is 1. The van der Waals surface area contributed by atoms with Crippen molar-refractivity contribution in [2.75, 3.05) is 11.4 Å². The Hall–Kier alpha value is -3.08. The van der Waals surface area contributed by atoms with Crippen molar-refractivity contribution in [1.29, 1.82) is 0 Å². The lowest BCUT2D eigenvalue weighted by Gasteiger charge is -2.25. The summed E-state index contributed by atoms with van der Waals surface area (Å²) in [7, 11) is 0. The molecule has 28 heavy (non-hydrogen) atoms. The van der Waals surface area contributed by atoms with E-state index in [2.05, 4.69) is 25.0 Å². The number of aromatic nitrogens is 2. The number of rotatable bonds is 5. The Morgan fingerprint density at radius 2 is 2.04 bits per heavy atom. The van der Waals surface area contributed by atoms with E-state index in [-0.39, 0.29) is 12.5 Å². The Kier molecular flexibility index (Phi) is 4.90. The van der Waals surface area contributed by atoms with E-state index in [1.54, 1.807) is 0 Å². The monoisotopic (exact) mass is 375 g/mol. The van der Waals surface area contributed by atoms with Crippen LogP contribution < -0.4 is 9.64 Å². The zero-order valence-corrected chi connectivity index (χ0v) is 16.6. The summed E-state index contributed by atoms with van der Waals surface area (Å²) in [5.41, 5.74) is 6.23. The third-order valence-corrected chi connectivity index (χ3v) is 5.13. The van der Waals surface area contributed by atoms with E-state index < -0.39 is 0 Å². The molecule has 0 N–H and O–H groups in total. The first-order valence-corrected chi connectivity index (χ1v) is 9.73. The van der Waals surface area contributed by atoms with E-state index in [0.29, 0.717) is 13.2 Å². The summed E-state index contributed by atoms with van der Waals surface area (Å²) in [4.78, 5) is 15.1. The molecule has 5 heteroatoms. The van der Waals surface area contributed by atoms with Crippen molar-refractivity contribution in [2.45, 2.75) is 40.3 Å². The maximum Gasteiger partial charge on any atom is 0.248 e. The van der Waals surface area contributed by atoms with Crippen LogP contribution in [0.2, 0.25) is 0 Å². The third-order valence-electron chi connectivity index (χ3n) is 5.13. The molecule has 0 bridgehead atoms. The second-order valence-corrected chi connectivity index (χ2v) is 7.30. The fourth-order valence-corrected chi connectivity index (χ4v) is 3.75. The molecule has 1 aliphatic rings. The van der Waals surface area contributed by atoms with Crippen molar-refractivity contribution in [3.8, 4) is 17.0 Å². The molecule has 5 nitrogen and oxygen atoms in total. The Morgan fingerprint density at radius 3 is 2.82 bits per heavy atom. The van der Waals surface area contributed by atoms with Crippen LogP contribution in [-0.2, 0) is 17.9 Å². The molecule has 1 aromatic heterocycles. The molecule has 1 amide bonds. The molecule has 2 aromatic carbocycles. The number of hydrogen-bond acceptors (Lipinski definition) is 3. The van der Waals surface area contributed by atoms with E-state index in [9.17, 15) is 4.79 Å². The highest BCUT2D eigenvalue weighted by Gasteiger charge is 2.25. The van der Waals surface area contributed by atoms with Gasteiger partial charge in [0.25, 0.3) is 0 Å². The number of aryl methyl sites for hydroxylation is 2. The Balaban J connectivity index is 1.68. The summed E-state index contributed by atoms with van der Waals surface area (Å²) in [6.45, 7) is 7.56. The molecule has 0 spiro atoms. The van der Waals surface area contributed by atoms with E-state index >= 15 is 0 Å². The van der Waals surface area contributed by atoms with Gasteiger partial charge in [0.15, 0.2) is 0 Å². The molecule has 0 atom stereocenters. The number of para-hydroxylation sites is 1. The molecule has 0 saturated heterocycles. The van der Waals surface area contributed by atoms with Crippen LogP contribution in [0.5, 0.6) is 5.75 Å². The summed E-state index contributed by atoms with van der Waals surface area (Å²) >= 11 is 0. The summed E-state index contributed by atoms with van der Waals surface area (Å²) < 4.78 is 7.66. The number of fused-ring (bicyclic) bond motifs is 3. The molecular formula is C23H25N3O2. The first kappa shape index (κ1) is 18.3. The second kappa shape index (κ2) is 7.50. The minimum Gasteiger partial charge on any atom is -0.488 e. The highest BCUT2D eigenvalue weighted by Crippen LogP contribution is 2.38. The van der Waals surface area contributed by atoms with E-state index in [0.717, 1.165) is 45.8 Å². The van der Waals surface area contributed by atoms with Gasteiger partial charge in [-0.2, -0.15) is 5.10 Å². The molecule has 0 radical (unpaired) electrons. The number of carbonyl (C=O) groups is 1. The molecule has 0 fully saturated rings. The van der Waals surface area contributed by atoms with Gasteiger partial charge in [-0.25, -0.2) is 0 Å². The van der Waals surface area contributed by atoms with Crippen LogP contribution in [0.1, 0.15) is 30.0 Å². The number of benzene rings is 2. The number of hydrogen-bond donors (Lipinski definition) is 0. The quantitative estimate of drug-likeness (QED) is 0.659. The van der Waals surface area contributed by atoms with Crippen LogP contribution in [0.3, 0.4) is 0 Å². The smallest absolute Gasteiger partial charge is 0.248 e. The second-order valence-electron chi connectivity index (χ2n) is 7.30.